The lowest BCUT2D eigenvalue weighted by molar-refractivity contribution is -0.120. The summed E-state index contributed by atoms with van der Waals surface area (Å²) in [6.07, 6.45) is 1.14. The molecule has 2 aromatic carbocycles. The first-order valence-corrected chi connectivity index (χ1v) is 10.4. The molecule has 144 valence electrons. The first-order chi connectivity index (χ1) is 13.5. The SMILES string of the molecule is CC1CC(C)CN(C2=C(c3ccccc3)C(=O)N(c3ccc(Br)cc3)C2=O)C1. The normalized spacial score (nSPS) is 23.0. The van der Waals surface area contributed by atoms with Crippen LogP contribution in [-0.2, 0) is 9.59 Å². The zero-order valence-electron chi connectivity index (χ0n) is 16.1. The lowest BCUT2D eigenvalue weighted by Gasteiger charge is -2.37. The van der Waals surface area contributed by atoms with Crippen molar-refractivity contribution in [3.05, 3.63) is 70.3 Å². The van der Waals surface area contributed by atoms with Gasteiger partial charge < -0.3 is 4.90 Å². The lowest BCUT2D eigenvalue weighted by atomic mass is 9.91. The summed E-state index contributed by atoms with van der Waals surface area (Å²) >= 11 is 3.41. The van der Waals surface area contributed by atoms with Gasteiger partial charge in [-0.2, -0.15) is 0 Å². The van der Waals surface area contributed by atoms with E-state index in [1.165, 1.54) is 4.90 Å². The van der Waals surface area contributed by atoms with Crippen molar-refractivity contribution in [1.82, 2.24) is 4.90 Å². The first-order valence-electron chi connectivity index (χ1n) is 9.64. The number of carbonyl (C=O) groups excluding carboxylic acids is 2. The van der Waals surface area contributed by atoms with Gasteiger partial charge in [-0.15, -0.1) is 0 Å². The molecule has 4 nitrogen and oxygen atoms in total. The number of likely N-dealkylation sites (tertiary alicyclic amines) is 1. The van der Waals surface area contributed by atoms with Crippen molar-refractivity contribution in [2.75, 3.05) is 18.0 Å². The summed E-state index contributed by atoms with van der Waals surface area (Å²) in [5.74, 6) is 0.489. The Morgan fingerprint density at radius 3 is 2.07 bits per heavy atom. The molecule has 2 atom stereocenters. The molecular formula is C23H23BrN2O2. The van der Waals surface area contributed by atoms with E-state index in [9.17, 15) is 9.59 Å². The van der Waals surface area contributed by atoms with Crippen LogP contribution in [0.5, 0.6) is 0 Å². The average Bonchev–Trinajstić information content (AvgIpc) is 2.93. The van der Waals surface area contributed by atoms with Crippen LogP contribution in [0.3, 0.4) is 0 Å². The van der Waals surface area contributed by atoms with Gasteiger partial charge in [-0.25, -0.2) is 4.90 Å². The smallest absolute Gasteiger partial charge is 0.282 e. The van der Waals surface area contributed by atoms with Crippen LogP contribution in [-0.4, -0.2) is 29.8 Å². The number of carbonyl (C=O) groups is 2. The standard InChI is InChI=1S/C23H23BrN2O2/c1-15-12-16(2)14-25(13-15)21-20(17-6-4-3-5-7-17)22(27)26(23(21)28)19-10-8-18(24)9-11-19/h3-11,15-16H,12-14H2,1-2H3. The molecule has 2 aromatic rings. The third-order valence-corrected chi connectivity index (χ3v) is 5.92. The van der Waals surface area contributed by atoms with Crippen LogP contribution in [0.25, 0.3) is 5.57 Å². The van der Waals surface area contributed by atoms with Gasteiger partial charge in [0.2, 0.25) is 0 Å². The van der Waals surface area contributed by atoms with Crippen molar-refractivity contribution < 1.29 is 9.59 Å². The van der Waals surface area contributed by atoms with Crippen molar-refractivity contribution in [1.29, 1.82) is 0 Å². The van der Waals surface area contributed by atoms with Crippen LogP contribution in [0, 0.1) is 11.8 Å². The average molecular weight is 439 g/mol. The van der Waals surface area contributed by atoms with Gasteiger partial charge >= 0.3 is 0 Å². The predicted octanol–water partition coefficient (Wildman–Crippen LogP) is 4.71. The van der Waals surface area contributed by atoms with Crippen molar-refractivity contribution in [3.63, 3.8) is 0 Å². The molecule has 0 aromatic heterocycles. The minimum Gasteiger partial charge on any atom is -0.366 e. The Morgan fingerprint density at radius 1 is 0.857 bits per heavy atom. The summed E-state index contributed by atoms with van der Waals surface area (Å²) in [4.78, 5) is 30.4. The summed E-state index contributed by atoms with van der Waals surface area (Å²) < 4.78 is 0.908. The Kier molecular flexibility index (Phi) is 5.11. The largest absolute Gasteiger partial charge is 0.366 e. The number of hydrogen-bond donors (Lipinski definition) is 0. The molecule has 2 aliphatic rings. The molecule has 5 heteroatoms. The van der Waals surface area contributed by atoms with E-state index in [1.54, 1.807) is 12.1 Å². The fourth-order valence-corrected chi connectivity index (χ4v) is 4.61. The third kappa shape index (κ3) is 3.39. The monoisotopic (exact) mass is 438 g/mol. The maximum Gasteiger partial charge on any atom is 0.282 e. The second-order valence-electron chi connectivity index (χ2n) is 7.86. The molecule has 0 aliphatic carbocycles. The van der Waals surface area contributed by atoms with Crippen molar-refractivity contribution in [2.24, 2.45) is 11.8 Å². The number of benzene rings is 2. The molecule has 0 saturated carbocycles. The molecule has 0 spiro atoms. The minimum absolute atomic E-state index is 0.229. The molecule has 2 amide bonds. The van der Waals surface area contributed by atoms with Crippen LogP contribution < -0.4 is 4.90 Å². The first kappa shape index (κ1) is 18.9. The maximum atomic E-state index is 13.5. The Bertz CT molecular complexity index is 927. The predicted molar refractivity (Wildman–Crippen MR) is 115 cm³/mol. The highest BCUT2D eigenvalue weighted by atomic mass is 79.9. The van der Waals surface area contributed by atoms with Crippen LogP contribution in [0.1, 0.15) is 25.8 Å². The van der Waals surface area contributed by atoms with Crippen LogP contribution in [0.15, 0.2) is 64.8 Å². The van der Waals surface area contributed by atoms with E-state index in [0.717, 1.165) is 29.5 Å². The van der Waals surface area contributed by atoms with Crippen molar-refractivity contribution in [2.45, 2.75) is 20.3 Å². The Balaban J connectivity index is 1.82. The number of nitrogens with zero attached hydrogens (tertiary/aromatic N) is 2. The van der Waals surface area contributed by atoms with Gasteiger partial charge in [-0.3, -0.25) is 9.59 Å². The Morgan fingerprint density at radius 2 is 1.46 bits per heavy atom. The van der Waals surface area contributed by atoms with E-state index in [0.29, 0.717) is 28.8 Å². The van der Waals surface area contributed by atoms with Crippen LogP contribution in [0.4, 0.5) is 5.69 Å². The molecule has 28 heavy (non-hydrogen) atoms. The third-order valence-electron chi connectivity index (χ3n) is 5.39. The van der Waals surface area contributed by atoms with E-state index in [1.807, 2.05) is 42.5 Å². The molecule has 2 heterocycles. The molecule has 4 rings (SSSR count). The van der Waals surface area contributed by atoms with E-state index in [-0.39, 0.29) is 11.8 Å². The topological polar surface area (TPSA) is 40.6 Å². The van der Waals surface area contributed by atoms with Crippen molar-refractivity contribution >= 4 is 39.0 Å². The number of halogens is 1. The quantitative estimate of drug-likeness (QED) is 0.651. The van der Waals surface area contributed by atoms with Gasteiger partial charge in [0, 0.05) is 17.6 Å². The minimum atomic E-state index is -0.251. The second kappa shape index (κ2) is 7.55. The van der Waals surface area contributed by atoms with E-state index in [2.05, 4.69) is 34.7 Å². The summed E-state index contributed by atoms with van der Waals surface area (Å²) in [7, 11) is 0. The number of anilines is 1. The van der Waals surface area contributed by atoms with E-state index < -0.39 is 0 Å². The zero-order chi connectivity index (χ0) is 19.8. The van der Waals surface area contributed by atoms with Crippen molar-refractivity contribution in [3.8, 4) is 0 Å². The number of hydrogen-bond acceptors (Lipinski definition) is 3. The highest BCUT2D eigenvalue weighted by Crippen LogP contribution is 2.37. The number of amides is 2. The molecule has 2 aliphatic heterocycles. The molecule has 2 unspecified atom stereocenters. The maximum absolute atomic E-state index is 13.5. The Labute approximate surface area is 174 Å². The molecule has 0 radical (unpaired) electrons. The molecule has 1 saturated heterocycles. The van der Waals surface area contributed by atoms with Gasteiger partial charge in [0.15, 0.2) is 0 Å². The van der Waals surface area contributed by atoms with Gasteiger partial charge in [-0.05, 0) is 48.1 Å². The summed E-state index contributed by atoms with van der Waals surface area (Å²) in [6.45, 7) is 6.00. The number of piperidine rings is 1. The summed E-state index contributed by atoms with van der Waals surface area (Å²) in [5, 5.41) is 0. The summed E-state index contributed by atoms with van der Waals surface area (Å²) in [5.41, 5.74) is 2.44. The molecule has 0 bridgehead atoms. The molecule has 0 N–H and O–H groups in total. The lowest BCUT2D eigenvalue weighted by Crippen LogP contribution is -2.42. The van der Waals surface area contributed by atoms with E-state index >= 15 is 0 Å². The molecule has 1 fully saturated rings. The number of imide groups is 1. The zero-order valence-corrected chi connectivity index (χ0v) is 17.6. The van der Waals surface area contributed by atoms with Gasteiger partial charge in [-0.1, -0.05) is 60.1 Å². The Hall–Kier alpha value is -2.40. The van der Waals surface area contributed by atoms with E-state index in [4.69, 9.17) is 0 Å². The number of rotatable bonds is 3. The van der Waals surface area contributed by atoms with Gasteiger partial charge in [0.1, 0.15) is 5.70 Å². The highest BCUT2D eigenvalue weighted by Gasteiger charge is 2.43. The highest BCUT2D eigenvalue weighted by molar-refractivity contribution is 9.10. The van der Waals surface area contributed by atoms with Crippen LogP contribution in [0.2, 0.25) is 0 Å². The second-order valence-corrected chi connectivity index (χ2v) is 8.78. The fourth-order valence-electron chi connectivity index (χ4n) is 4.35. The van der Waals surface area contributed by atoms with Crippen LogP contribution >= 0.6 is 15.9 Å². The summed E-state index contributed by atoms with van der Waals surface area (Å²) in [6, 6.07) is 16.8. The van der Waals surface area contributed by atoms with Gasteiger partial charge in [0.05, 0.1) is 11.3 Å². The van der Waals surface area contributed by atoms with Gasteiger partial charge in [0.25, 0.3) is 11.8 Å². The molecular weight excluding hydrogens is 416 g/mol. The fraction of sp³-hybridized carbons (Fsp3) is 0.304.